The van der Waals surface area contributed by atoms with Crippen LogP contribution >= 0.6 is 0 Å². The second-order valence-corrected chi connectivity index (χ2v) is 9.22. The lowest BCUT2D eigenvalue weighted by molar-refractivity contribution is 0.252. The van der Waals surface area contributed by atoms with E-state index in [1.54, 1.807) is 18.3 Å². The van der Waals surface area contributed by atoms with Crippen molar-refractivity contribution in [2.75, 3.05) is 4.72 Å². The highest BCUT2D eigenvalue weighted by molar-refractivity contribution is 7.93. The summed E-state index contributed by atoms with van der Waals surface area (Å²) >= 11 is 0. The number of pyridine rings is 1. The van der Waals surface area contributed by atoms with Crippen molar-refractivity contribution < 1.29 is 12.8 Å². The van der Waals surface area contributed by atoms with E-state index < -0.39 is 21.4 Å². The lowest BCUT2D eigenvalue weighted by atomic mass is 9.95. The third-order valence-corrected chi connectivity index (χ3v) is 7.30. The summed E-state index contributed by atoms with van der Waals surface area (Å²) in [7, 11) is -3.65. The van der Waals surface area contributed by atoms with Gasteiger partial charge >= 0.3 is 0 Å². The third-order valence-electron chi connectivity index (χ3n) is 5.45. The summed E-state index contributed by atoms with van der Waals surface area (Å²) < 4.78 is 42.0. The zero-order valence-corrected chi connectivity index (χ0v) is 16.5. The number of aromatic nitrogens is 1. The molecule has 29 heavy (non-hydrogen) atoms. The van der Waals surface area contributed by atoms with Crippen molar-refractivity contribution >= 4 is 26.5 Å². The lowest BCUT2D eigenvalue weighted by Crippen LogP contribution is -2.32. The molecule has 0 aliphatic heterocycles. The van der Waals surface area contributed by atoms with E-state index in [4.69, 9.17) is 0 Å². The largest absolute Gasteiger partial charge is 0.283 e. The summed E-state index contributed by atoms with van der Waals surface area (Å²) in [5.74, 6) is 0. The molecule has 0 unspecified atom stereocenters. The number of rotatable bonds is 4. The van der Waals surface area contributed by atoms with Crippen molar-refractivity contribution in [1.29, 1.82) is 5.26 Å². The normalized spacial score (nSPS) is 19.6. The van der Waals surface area contributed by atoms with Gasteiger partial charge in [-0.05, 0) is 48.8 Å². The van der Waals surface area contributed by atoms with Gasteiger partial charge in [0.15, 0.2) is 0 Å². The second-order valence-electron chi connectivity index (χ2n) is 7.26. The van der Waals surface area contributed by atoms with Gasteiger partial charge in [-0.15, -0.1) is 0 Å². The third kappa shape index (κ3) is 3.81. The molecular weight excluding hydrogens is 389 g/mol. The molecule has 7 heteroatoms. The monoisotopic (exact) mass is 409 g/mol. The number of hydrogen-bond donors (Lipinski definition) is 1. The Morgan fingerprint density at radius 2 is 1.72 bits per heavy atom. The van der Waals surface area contributed by atoms with Crippen molar-refractivity contribution in [3.63, 3.8) is 0 Å². The van der Waals surface area contributed by atoms with Crippen molar-refractivity contribution in [2.45, 2.75) is 37.1 Å². The molecule has 1 aliphatic rings. The number of benzene rings is 2. The highest BCUT2D eigenvalue weighted by Crippen LogP contribution is 2.36. The Labute approximate surface area is 169 Å². The first kappa shape index (κ1) is 19.3. The number of halogens is 1. The quantitative estimate of drug-likeness (QED) is 0.671. The van der Waals surface area contributed by atoms with Gasteiger partial charge in [0.05, 0.1) is 22.6 Å². The zero-order chi connectivity index (χ0) is 20.4. The highest BCUT2D eigenvalue weighted by atomic mass is 32.2. The van der Waals surface area contributed by atoms with E-state index in [9.17, 15) is 18.1 Å². The van der Waals surface area contributed by atoms with Crippen molar-refractivity contribution in [3.05, 3.63) is 60.4 Å². The van der Waals surface area contributed by atoms with Gasteiger partial charge in [0.2, 0.25) is 10.0 Å². The van der Waals surface area contributed by atoms with Gasteiger partial charge in [0.25, 0.3) is 0 Å². The van der Waals surface area contributed by atoms with Crippen LogP contribution in [0.3, 0.4) is 0 Å². The number of nitrogens with zero attached hydrogens (tertiary/aromatic N) is 2. The fourth-order valence-electron chi connectivity index (χ4n) is 3.90. The van der Waals surface area contributed by atoms with Crippen LogP contribution in [-0.4, -0.2) is 24.8 Å². The van der Waals surface area contributed by atoms with Crippen LogP contribution in [0.15, 0.2) is 54.9 Å². The van der Waals surface area contributed by atoms with E-state index >= 15 is 0 Å². The van der Waals surface area contributed by atoms with Gasteiger partial charge < -0.3 is 0 Å². The summed E-state index contributed by atoms with van der Waals surface area (Å²) in [5.41, 5.74) is 2.41. The van der Waals surface area contributed by atoms with Gasteiger partial charge in [0.1, 0.15) is 6.17 Å². The minimum Gasteiger partial charge on any atom is -0.283 e. The van der Waals surface area contributed by atoms with Crippen molar-refractivity contribution in [2.24, 2.45) is 0 Å². The molecule has 3 aromatic rings. The number of hydrogen-bond acceptors (Lipinski definition) is 4. The van der Waals surface area contributed by atoms with E-state index in [0.29, 0.717) is 29.7 Å². The average Bonchev–Trinajstić information content (AvgIpc) is 2.73. The van der Waals surface area contributed by atoms with Gasteiger partial charge in [-0.2, -0.15) is 5.26 Å². The molecule has 1 aliphatic carbocycles. The van der Waals surface area contributed by atoms with E-state index in [1.807, 2.05) is 30.3 Å². The predicted octanol–water partition coefficient (Wildman–Crippen LogP) is 4.80. The van der Waals surface area contributed by atoms with Crippen LogP contribution < -0.4 is 4.72 Å². The Morgan fingerprint density at radius 1 is 1.00 bits per heavy atom. The standard InChI is InChI=1S/C22H20FN3O2S/c23-16-6-8-17(9-7-16)29(27,28)26-22-11-12-25-14-21(22)20-10-5-15(13-24)18-3-1-2-4-19(18)20/h1-5,10-12,14,16-17H,6-9H2,(H,25,26). The molecule has 0 atom stereocenters. The molecule has 1 saturated carbocycles. The fourth-order valence-corrected chi connectivity index (χ4v) is 5.44. The number of sulfonamides is 1. The summed E-state index contributed by atoms with van der Waals surface area (Å²) in [4.78, 5) is 4.17. The molecule has 0 spiro atoms. The van der Waals surface area contributed by atoms with Crippen LogP contribution in [0, 0.1) is 11.3 Å². The Balaban J connectivity index is 1.76. The SMILES string of the molecule is N#Cc1ccc(-c2cnccc2NS(=O)(=O)C2CCC(F)CC2)c2ccccc12. The smallest absolute Gasteiger partial charge is 0.235 e. The first-order valence-electron chi connectivity index (χ1n) is 9.51. The summed E-state index contributed by atoms with van der Waals surface area (Å²) in [5, 5.41) is 10.4. The maximum Gasteiger partial charge on any atom is 0.235 e. The molecule has 1 N–H and O–H groups in total. The van der Waals surface area contributed by atoms with Gasteiger partial charge in [0, 0.05) is 23.3 Å². The Hall–Kier alpha value is -2.98. The number of nitrogens with one attached hydrogen (secondary N) is 1. The molecule has 0 saturated heterocycles. The molecule has 0 bridgehead atoms. The first-order valence-corrected chi connectivity index (χ1v) is 11.1. The van der Waals surface area contributed by atoms with E-state index in [1.165, 1.54) is 6.20 Å². The van der Waals surface area contributed by atoms with Crippen LogP contribution in [0.4, 0.5) is 10.1 Å². The van der Waals surface area contributed by atoms with Crippen LogP contribution in [0.5, 0.6) is 0 Å². The Morgan fingerprint density at radius 3 is 2.45 bits per heavy atom. The van der Waals surface area contributed by atoms with Crippen molar-refractivity contribution in [1.82, 2.24) is 4.98 Å². The number of anilines is 1. The number of fused-ring (bicyclic) bond motifs is 1. The Kier molecular flexibility index (Phi) is 5.20. The van der Waals surface area contributed by atoms with E-state index in [0.717, 1.165) is 16.3 Å². The Bertz CT molecular complexity index is 1200. The van der Waals surface area contributed by atoms with Gasteiger partial charge in [-0.1, -0.05) is 30.3 Å². The molecular formula is C22H20FN3O2S. The topological polar surface area (TPSA) is 82.8 Å². The van der Waals surface area contributed by atoms with Crippen LogP contribution in [-0.2, 0) is 10.0 Å². The van der Waals surface area contributed by atoms with Gasteiger partial charge in [-0.3, -0.25) is 9.71 Å². The van der Waals surface area contributed by atoms with Crippen LogP contribution in [0.1, 0.15) is 31.2 Å². The number of alkyl halides is 1. The minimum atomic E-state index is -3.65. The maximum absolute atomic E-state index is 13.4. The molecule has 1 aromatic heterocycles. The van der Waals surface area contributed by atoms with Crippen LogP contribution in [0.25, 0.3) is 21.9 Å². The first-order chi connectivity index (χ1) is 14.0. The summed E-state index contributed by atoms with van der Waals surface area (Å²) in [6.07, 6.45) is 3.41. The van der Waals surface area contributed by atoms with E-state index in [2.05, 4.69) is 15.8 Å². The van der Waals surface area contributed by atoms with E-state index in [-0.39, 0.29) is 12.8 Å². The molecule has 5 nitrogen and oxygen atoms in total. The number of nitriles is 1. The zero-order valence-electron chi connectivity index (χ0n) is 15.7. The summed E-state index contributed by atoms with van der Waals surface area (Å²) in [6, 6.07) is 14.9. The molecule has 0 radical (unpaired) electrons. The lowest BCUT2D eigenvalue weighted by Gasteiger charge is -2.25. The molecule has 4 rings (SSSR count). The van der Waals surface area contributed by atoms with Crippen molar-refractivity contribution in [3.8, 4) is 17.2 Å². The average molecular weight is 409 g/mol. The van der Waals surface area contributed by atoms with Crippen LogP contribution in [0.2, 0.25) is 0 Å². The predicted molar refractivity (Wildman–Crippen MR) is 112 cm³/mol. The highest BCUT2D eigenvalue weighted by Gasteiger charge is 2.31. The fraction of sp³-hybridized carbons (Fsp3) is 0.273. The second kappa shape index (κ2) is 7.80. The maximum atomic E-state index is 13.4. The molecule has 148 valence electrons. The molecule has 1 fully saturated rings. The molecule has 0 amide bonds. The molecule has 2 aromatic carbocycles. The van der Waals surface area contributed by atoms with Gasteiger partial charge in [-0.25, -0.2) is 12.8 Å². The minimum absolute atomic E-state index is 0.273. The molecule has 1 heterocycles. The summed E-state index contributed by atoms with van der Waals surface area (Å²) in [6.45, 7) is 0.